The molecular weight excluding hydrogens is 180 g/mol. The molecule has 2 aromatic heterocycles. The number of nitrogens with two attached hydrogens (primary N) is 2. The van der Waals surface area contributed by atoms with Crippen LogP contribution in [0, 0.1) is 0 Å². The summed E-state index contributed by atoms with van der Waals surface area (Å²) < 4.78 is 0. The van der Waals surface area contributed by atoms with Crippen molar-refractivity contribution < 1.29 is 0 Å². The maximum Gasteiger partial charge on any atom is 0.199 e. The molecule has 0 aliphatic carbocycles. The van der Waals surface area contributed by atoms with Crippen molar-refractivity contribution in [3.8, 4) is 0 Å². The Hall–Kier alpha value is -1.53. The fourth-order valence-electron chi connectivity index (χ4n) is 1.28. The van der Waals surface area contributed by atoms with E-state index in [1.807, 2.05) is 6.07 Å². The molecule has 0 spiro atoms. The Kier molecular flexibility index (Phi) is 2.38. The molecule has 1 unspecified atom stereocenters. The van der Waals surface area contributed by atoms with Crippen LogP contribution in [0.1, 0.15) is 18.3 Å². The molecule has 0 aromatic carbocycles. The third-order valence-corrected chi connectivity index (χ3v) is 2.02. The summed E-state index contributed by atoms with van der Waals surface area (Å²) in [5.41, 5.74) is 12.7. The van der Waals surface area contributed by atoms with E-state index in [0.29, 0.717) is 24.4 Å². The summed E-state index contributed by atoms with van der Waals surface area (Å²) in [6, 6.07) is 1.66. The molecule has 0 radical (unpaired) electrons. The van der Waals surface area contributed by atoms with E-state index in [9.17, 15) is 0 Å². The monoisotopic (exact) mass is 192 g/mol. The lowest BCUT2D eigenvalue weighted by Crippen LogP contribution is -2.16. The first kappa shape index (κ1) is 9.04. The van der Waals surface area contributed by atoms with Gasteiger partial charge in [0, 0.05) is 0 Å². The van der Waals surface area contributed by atoms with Crippen molar-refractivity contribution in [2.45, 2.75) is 12.5 Å². The van der Waals surface area contributed by atoms with Crippen molar-refractivity contribution in [1.82, 2.24) is 20.2 Å². The normalized spacial score (nSPS) is 13.3. The zero-order valence-electron chi connectivity index (χ0n) is 7.64. The fourth-order valence-corrected chi connectivity index (χ4v) is 1.28. The molecule has 0 saturated carbocycles. The highest BCUT2D eigenvalue weighted by molar-refractivity contribution is 5.69. The van der Waals surface area contributed by atoms with Gasteiger partial charge >= 0.3 is 0 Å². The van der Waals surface area contributed by atoms with Gasteiger partial charge in [0.25, 0.3) is 0 Å². The van der Waals surface area contributed by atoms with Crippen LogP contribution in [0.2, 0.25) is 0 Å². The molecule has 2 aromatic rings. The lowest BCUT2D eigenvalue weighted by Gasteiger charge is -2.04. The van der Waals surface area contributed by atoms with E-state index in [1.54, 1.807) is 6.20 Å². The van der Waals surface area contributed by atoms with Crippen LogP contribution in [-0.4, -0.2) is 26.7 Å². The largest absolute Gasteiger partial charge is 0.339 e. The summed E-state index contributed by atoms with van der Waals surface area (Å²) in [5.74, 6) is 0.714. The predicted octanol–water partition coefficient (Wildman–Crippen LogP) is -0.298. The summed E-state index contributed by atoms with van der Waals surface area (Å²) in [4.78, 5) is 7.31. The third kappa shape index (κ3) is 1.57. The van der Waals surface area contributed by atoms with Gasteiger partial charge in [0.1, 0.15) is 5.82 Å². The fraction of sp³-hybridized carbons (Fsp3) is 0.375. The van der Waals surface area contributed by atoms with Crippen LogP contribution < -0.4 is 11.5 Å². The smallest absolute Gasteiger partial charge is 0.199 e. The second-order valence-corrected chi connectivity index (χ2v) is 3.07. The van der Waals surface area contributed by atoms with E-state index in [2.05, 4.69) is 20.2 Å². The number of hydrogen-bond acceptors (Lipinski definition) is 5. The van der Waals surface area contributed by atoms with Crippen molar-refractivity contribution in [3.05, 3.63) is 18.1 Å². The van der Waals surface area contributed by atoms with Crippen molar-refractivity contribution in [2.24, 2.45) is 11.5 Å². The number of aromatic nitrogens is 4. The number of imidazole rings is 1. The van der Waals surface area contributed by atoms with Crippen LogP contribution in [0.3, 0.4) is 0 Å². The molecule has 0 aliphatic rings. The highest BCUT2D eigenvalue weighted by Crippen LogP contribution is 2.13. The molecule has 74 valence electrons. The molecule has 1 atom stereocenters. The molecule has 0 fully saturated rings. The average molecular weight is 192 g/mol. The van der Waals surface area contributed by atoms with Crippen molar-refractivity contribution in [2.75, 3.05) is 6.54 Å². The van der Waals surface area contributed by atoms with Gasteiger partial charge in [-0.25, -0.2) is 4.98 Å². The van der Waals surface area contributed by atoms with Gasteiger partial charge in [-0.05, 0) is 19.0 Å². The minimum atomic E-state index is -0.158. The molecule has 2 heterocycles. The summed E-state index contributed by atoms with van der Waals surface area (Å²) >= 11 is 0. The second kappa shape index (κ2) is 3.69. The molecule has 6 heteroatoms. The van der Waals surface area contributed by atoms with Gasteiger partial charge in [-0.15, -0.1) is 5.10 Å². The van der Waals surface area contributed by atoms with E-state index in [0.717, 1.165) is 5.52 Å². The van der Waals surface area contributed by atoms with E-state index >= 15 is 0 Å². The summed E-state index contributed by atoms with van der Waals surface area (Å²) in [7, 11) is 0. The molecule has 5 N–H and O–H groups in total. The molecule has 0 aliphatic heterocycles. The molecule has 6 nitrogen and oxygen atoms in total. The number of aromatic amines is 1. The van der Waals surface area contributed by atoms with Crippen molar-refractivity contribution in [1.29, 1.82) is 0 Å². The van der Waals surface area contributed by atoms with Crippen LogP contribution in [0.4, 0.5) is 0 Å². The van der Waals surface area contributed by atoms with Gasteiger partial charge in [-0.2, -0.15) is 5.10 Å². The first-order chi connectivity index (χ1) is 6.81. The molecular formula is C8H12N6. The number of nitrogens with one attached hydrogen (secondary N) is 1. The molecule has 14 heavy (non-hydrogen) atoms. The number of rotatable bonds is 3. The third-order valence-electron chi connectivity index (χ3n) is 2.02. The van der Waals surface area contributed by atoms with Crippen LogP contribution in [-0.2, 0) is 0 Å². The van der Waals surface area contributed by atoms with E-state index in [1.165, 1.54) is 0 Å². The average Bonchev–Trinajstić information content (AvgIpc) is 2.61. The topological polar surface area (TPSA) is 106 Å². The summed E-state index contributed by atoms with van der Waals surface area (Å²) in [5, 5.41) is 7.60. The van der Waals surface area contributed by atoms with E-state index < -0.39 is 0 Å². The number of hydrogen-bond donors (Lipinski definition) is 3. The lowest BCUT2D eigenvalue weighted by molar-refractivity contribution is 0.630. The van der Waals surface area contributed by atoms with Gasteiger partial charge in [0.15, 0.2) is 5.65 Å². The maximum atomic E-state index is 5.85. The first-order valence-electron chi connectivity index (χ1n) is 4.44. The van der Waals surface area contributed by atoms with E-state index in [4.69, 9.17) is 11.5 Å². The number of fused-ring (bicyclic) bond motifs is 1. The SMILES string of the molecule is NCCC(N)c1nc2nnccc2[nH]1. The zero-order chi connectivity index (χ0) is 9.97. The van der Waals surface area contributed by atoms with Crippen LogP contribution in [0.25, 0.3) is 11.2 Å². The Morgan fingerprint density at radius 2 is 2.36 bits per heavy atom. The van der Waals surface area contributed by atoms with Gasteiger partial charge in [-0.1, -0.05) is 0 Å². The number of H-pyrrole nitrogens is 1. The van der Waals surface area contributed by atoms with Gasteiger partial charge in [-0.3, -0.25) is 0 Å². The minimum absolute atomic E-state index is 0.158. The number of nitrogens with zero attached hydrogens (tertiary/aromatic N) is 3. The quantitative estimate of drug-likeness (QED) is 0.619. The summed E-state index contributed by atoms with van der Waals surface area (Å²) in [6.07, 6.45) is 2.31. The summed E-state index contributed by atoms with van der Waals surface area (Å²) in [6.45, 7) is 0.546. The Bertz CT molecular complexity index is 389. The molecule has 2 rings (SSSR count). The highest BCUT2D eigenvalue weighted by Gasteiger charge is 2.10. The first-order valence-corrected chi connectivity index (χ1v) is 4.44. The van der Waals surface area contributed by atoms with Crippen molar-refractivity contribution >= 4 is 11.2 Å². The Labute approximate surface area is 80.7 Å². The molecule has 0 amide bonds. The Morgan fingerprint density at radius 1 is 1.50 bits per heavy atom. The van der Waals surface area contributed by atoms with Crippen LogP contribution in [0.5, 0.6) is 0 Å². The minimum Gasteiger partial charge on any atom is -0.339 e. The second-order valence-electron chi connectivity index (χ2n) is 3.07. The van der Waals surface area contributed by atoms with Crippen LogP contribution in [0.15, 0.2) is 12.3 Å². The van der Waals surface area contributed by atoms with E-state index in [-0.39, 0.29) is 6.04 Å². The maximum absolute atomic E-state index is 5.85. The van der Waals surface area contributed by atoms with Gasteiger partial charge < -0.3 is 16.5 Å². The molecule has 0 saturated heterocycles. The highest BCUT2D eigenvalue weighted by atomic mass is 15.1. The van der Waals surface area contributed by atoms with Crippen LogP contribution >= 0.6 is 0 Å². The standard InChI is InChI=1S/C8H12N6/c9-3-1-5(10)7-12-6-2-4-11-14-8(6)13-7/h2,4-5H,1,3,9-10H2,(H,12,13,14). The zero-order valence-corrected chi connectivity index (χ0v) is 7.64. The Morgan fingerprint density at radius 3 is 3.07 bits per heavy atom. The Balaban J connectivity index is 2.35. The van der Waals surface area contributed by atoms with Crippen molar-refractivity contribution in [3.63, 3.8) is 0 Å². The predicted molar refractivity (Wildman–Crippen MR) is 52.3 cm³/mol. The van der Waals surface area contributed by atoms with Gasteiger partial charge in [0.05, 0.1) is 17.8 Å². The molecule has 0 bridgehead atoms. The lowest BCUT2D eigenvalue weighted by atomic mass is 10.2. The van der Waals surface area contributed by atoms with Gasteiger partial charge in [0.2, 0.25) is 0 Å².